The molecule has 3 aromatic rings. The fourth-order valence-corrected chi connectivity index (χ4v) is 2.97. The number of fused-ring (bicyclic) bond motifs is 1. The van der Waals surface area contributed by atoms with Crippen LogP contribution < -0.4 is 0 Å². The lowest BCUT2D eigenvalue weighted by molar-refractivity contribution is -0.111. The highest BCUT2D eigenvalue weighted by atomic mass is 16.1. The Bertz CT molecular complexity index is 741. The topological polar surface area (TPSA) is 17.1 Å². The minimum absolute atomic E-state index is 0.0750. The van der Waals surface area contributed by atoms with Gasteiger partial charge in [-0.3, -0.25) is 0 Å². The highest BCUT2D eigenvalue weighted by molar-refractivity contribution is 5.85. The summed E-state index contributed by atoms with van der Waals surface area (Å²) in [5, 5.41) is 2.50. The van der Waals surface area contributed by atoms with E-state index in [2.05, 4.69) is 66.7 Å². The first-order valence-electron chi connectivity index (χ1n) is 7.82. The van der Waals surface area contributed by atoms with Crippen LogP contribution in [0.1, 0.15) is 17.5 Å². The van der Waals surface area contributed by atoms with E-state index in [0.717, 1.165) is 25.5 Å². The first kappa shape index (κ1) is 14.5. The van der Waals surface area contributed by atoms with E-state index in [1.807, 2.05) is 6.07 Å². The van der Waals surface area contributed by atoms with Crippen molar-refractivity contribution in [3.05, 3.63) is 83.9 Å². The fraction of sp³-hybridized carbons (Fsp3) is 0.190. The summed E-state index contributed by atoms with van der Waals surface area (Å²) in [5.41, 5.74) is 2.57. The van der Waals surface area contributed by atoms with Gasteiger partial charge >= 0.3 is 0 Å². The third-order valence-electron chi connectivity index (χ3n) is 4.20. The molecule has 0 spiro atoms. The van der Waals surface area contributed by atoms with E-state index in [-0.39, 0.29) is 5.92 Å². The molecule has 22 heavy (non-hydrogen) atoms. The molecule has 1 atom stereocenters. The number of benzene rings is 3. The summed E-state index contributed by atoms with van der Waals surface area (Å²) in [6.07, 6.45) is 3.79. The molecule has 110 valence electrons. The van der Waals surface area contributed by atoms with Crippen LogP contribution in [0.4, 0.5) is 0 Å². The highest BCUT2D eigenvalue weighted by Gasteiger charge is 2.11. The zero-order valence-electron chi connectivity index (χ0n) is 12.6. The van der Waals surface area contributed by atoms with Gasteiger partial charge in [0.05, 0.1) is 0 Å². The van der Waals surface area contributed by atoms with Gasteiger partial charge in [-0.25, -0.2) is 0 Å². The van der Waals surface area contributed by atoms with Crippen LogP contribution >= 0.6 is 0 Å². The molecule has 1 heteroatoms. The van der Waals surface area contributed by atoms with Gasteiger partial charge in [-0.1, -0.05) is 72.8 Å². The van der Waals surface area contributed by atoms with E-state index in [0.29, 0.717) is 0 Å². The average molecular weight is 288 g/mol. The second-order valence-corrected chi connectivity index (χ2v) is 5.76. The lowest BCUT2D eigenvalue weighted by atomic mass is 9.91. The van der Waals surface area contributed by atoms with Crippen molar-refractivity contribution >= 4 is 17.1 Å². The van der Waals surface area contributed by atoms with Crippen molar-refractivity contribution in [1.29, 1.82) is 0 Å². The van der Waals surface area contributed by atoms with Crippen LogP contribution in [-0.2, 0) is 17.6 Å². The number of aldehydes is 1. The zero-order valence-corrected chi connectivity index (χ0v) is 12.6. The predicted octanol–water partition coefficient (Wildman–Crippen LogP) is 4.83. The van der Waals surface area contributed by atoms with Gasteiger partial charge in [-0.15, -0.1) is 0 Å². The molecule has 0 bridgehead atoms. The Morgan fingerprint density at radius 3 is 2.36 bits per heavy atom. The molecule has 1 nitrogen and oxygen atoms in total. The van der Waals surface area contributed by atoms with Crippen molar-refractivity contribution in [2.75, 3.05) is 0 Å². The van der Waals surface area contributed by atoms with Gasteiger partial charge < -0.3 is 4.79 Å². The Morgan fingerprint density at radius 1 is 0.818 bits per heavy atom. The SMILES string of the molecule is O=CC(CCc1ccccc1)Cc1cccc2ccccc12. The van der Waals surface area contributed by atoms with Gasteiger partial charge in [-0.05, 0) is 41.2 Å². The quantitative estimate of drug-likeness (QED) is 0.594. The smallest absolute Gasteiger partial charge is 0.123 e. The molecule has 0 aromatic heterocycles. The molecule has 1 unspecified atom stereocenters. The van der Waals surface area contributed by atoms with Crippen LogP contribution in [0.2, 0.25) is 0 Å². The molecule has 0 aliphatic rings. The standard InChI is InChI=1S/C21H20O/c22-16-18(14-13-17-7-2-1-3-8-17)15-20-11-6-10-19-9-4-5-12-21(19)20/h1-12,16,18H,13-15H2. The second-order valence-electron chi connectivity index (χ2n) is 5.76. The van der Waals surface area contributed by atoms with Crippen molar-refractivity contribution in [2.24, 2.45) is 5.92 Å². The molecule has 0 saturated carbocycles. The van der Waals surface area contributed by atoms with Crippen LogP contribution in [0, 0.1) is 5.92 Å². The first-order chi connectivity index (χ1) is 10.9. The number of rotatable bonds is 6. The predicted molar refractivity (Wildman–Crippen MR) is 92.0 cm³/mol. The Hall–Kier alpha value is -2.41. The van der Waals surface area contributed by atoms with E-state index in [9.17, 15) is 4.79 Å². The van der Waals surface area contributed by atoms with Crippen LogP contribution in [0.5, 0.6) is 0 Å². The highest BCUT2D eigenvalue weighted by Crippen LogP contribution is 2.22. The maximum Gasteiger partial charge on any atom is 0.123 e. The van der Waals surface area contributed by atoms with Crippen LogP contribution in [0.3, 0.4) is 0 Å². The molecule has 3 aromatic carbocycles. The minimum atomic E-state index is 0.0750. The van der Waals surface area contributed by atoms with Gasteiger partial charge in [0.2, 0.25) is 0 Å². The van der Waals surface area contributed by atoms with Gasteiger partial charge in [0.25, 0.3) is 0 Å². The molecular formula is C21H20O. The number of hydrogen-bond acceptors (Lipinski definition) is 1. The molecule has 0 saturated heterocycles. The minimum Gasteiger partial charge on any atom is -0.303 e. The van der Waals surface area contributed by atoms with Crippen molar-refractivity contribution in [2.45, 2.75) is 19.3 Å². The molecule has 0 N–H and O–H groups in total. The van der Waals surface area contributed by atoms with E-state index >= 15 is 0 Å². The largest absolute Gasteiger partial charge is 0.303 e. The summed E-state index contributed by atoms with van der Waals surface area (Å²) >= 11 is 0. The molecule has 0 aliphatic heterocycles. The number of hydrogen-bond donors (Lipinski definition) is 0. The summed E-state index contributed by atoms with van der Waals surface area (Å²) in [6, 6.07) is 25.1. The van der Waals surface area contributed by atoms with Gasteiger partial charge in [0.1, 0.15) is 6.29 Å². The lowest BCUT2D eigenvalue weighted by Gasteiger charge is -2.12. The average Bonchev–Trinajstić information content (AvgIpc) is 2.59. The van der Waals surface area contributed by atoms with Crippen molar-refractivity contribution < 1.29 is 4.79 Å². The Kier molecular flexibility index (Phi) is 4.65. The Balaban J connectivity index is 1.73. The third kappa shape index (κ3) is 3.43. The number of carbonyl (C=O) groups excluding carboxylic acids is 1. The van der Waals surface area contributed by atoms with Crippen molar-refractivity contribution in [3.63, 3.8) is 0 Å². The summed E-state index contributed by atoms with van der Waals surface area (Å²) in [4.78, 5) is 11.5. The molecule has 0 amide bonds. The Labute approximate surface area is 131 Å². The zero-order chi connectivity index (χ0) is 15.2. The van der Waals surface area contributed by atoms with E-state index < -0.39 is 0 Å². The van der Waals surface area contributed by atoms with Crippen molar-refractivity contribution in [1.82, 2.24) is 0 Å². The molecule has 0 aliphatic carbocycles. The maximum absolute atomic E-state index is 11.5. The molecular weight excluding hydrogens is 268 g/mol. The first-order valence-corrected chi connectivity index (χ1v) is 7.82. The molecule has 0 radical (unpaired) electrons. The summed E-state index contributed by atoms with van der Waals surface area (Å²) in [5.74, 6) is 0.0750. The molecule has 3 rings (SSSR count). The van der Waals surface area contributed by atoms with E-state index in [1.165, 1.54) is 21.9 Å². The summed E-state index contributed by atoms with van der Waals surface area (Å²) < 4.78 is 0. The molecule has 0 heterocycles. The summed E-state index contributed by atoms with van der Waals surface area (Å²) in [6.45, 7) is 0. The number of aryl methyl sites for hydroxylation is 1. The van der Waals surface area contributed by atoms with Crippen LogP contribution in [-0.4, -0.2) is 6.29 Å². The maximum atomic E-state index is 11.5. The van der Waals surface area contributed by atoms with Gasteiger partial charge in [0.15, 0.2) is 0 Å². The van der Waals surface area contributed by atoms with Crippen LogP contribution in [0.25, 0.3) is 10.8 Å². The van der Waals surface area contributed by atoms with E-state index in [4.69, 9.17) is 0 Å². The number of carbonyl (C=O) groups is 1. The monoisotopic (exact) mass is 288 g/mol. The Morgan fingerprint density at radius 2 is 1.55 bits per heavy atom. The van der Waals surface area contributed by atoms with E-state index in [1.54, 1.807) is 0 Å². The van der Waals surface area contributed by atoms with Crippen molar-refractivity contribution in [3.8, 4) is 0 Å². The lowest BCUT2D eigenvalue weighted by Crippen LogP contribution is -2.08. The van der Waals surface area contributed by atoms with Gasteiger partial charge in [0, 0.05) is 5.92 Å². The third-order valence-corrected chi connectivity index (χ3v) is 4.20. The summed E-state index contributed by atoms with van der Waals surface area (Å²) in [7, 11) is 0. The fourth-order valence-electron chi connectivity index (χ4n) is 2.97. The normalized spacial score (nSPS) is 12.2. The molecule has 0 fully saturated rings. The second kappa shape index (κ2) is 7.04. The van der Waals surface area contributed by atoms with Gasteiger partial charge in [-0.2, -0.15) is 0 Å². The van der Waals surface area contributed by atoms with Crippen LogP contribution in [0.15, 0.2) is 72.8 Å².